The molecule has 1 fully saturated rings. The van der Waals surface area contributed by atoms with Crippen LogP contribution in [0.3, 0.4) is 0 Å². The third kappa shape index (κ3) is 2.41. The van der Waals surface area contributed by atoms with Gasteiger partial charge in [-0.1, -0.05) is 12.8 Å². The molecule has 0 saturated heterocycles. The van der Waals surface area contributed by atoms with Gasteiger partial charge in [-0.05, 0) is 12.8 Å². The van der Waals surface area contributed by atoms with E-state index in [9.17, 15) is 5.11 Å². The molecule has 0 aliphatic heterocycles. The number of aromatic nitrogens is 2. The summed E-state index contributed by atoms with van der Waals surface area (Å²) in [6.45, 7) is 0.987. The van der Waals surface area contributed by atoms with Crippen LogP contribution in [-0.4, -0.2) is 28.2 Å². The Morgan fingerprint density at radius 2 is 2.12 bits per heavy atom. The number of aliphatic hydroxyl groups is 1. The lowest BCUT2D eigenvalue weighted by Crippen LogP contribution is -2.30. The zero-order valence-electron chi connectivity index (χ0n) is 9.32. The molecule has 1 saturated carbocycles. The topological polar surface area (TPSA) is 84.1 Å². The molecule has 1 heterocycles. The van der Waals surface area contributed by atoms with Crippen molar-refractivity contribution in [3.05, 3.63) is 12.4 Å². The minimum atomic E-state index is 0.0275. The van der Waals surface area contributed by atoms with Gasteiger partial charge in [0.05, 0.1) is 6.61 Å². The fourth-order valence-electron chi connectivity index (χ4n) is 2.26. The van der Waals surface area contributed by atoms with E-state index in [-0.39, 0.29) is 12.0 Å². The molecule has 0 bridgehead atoms. The average molecular weight is 222 g/mol. The molecule has 1 aromatic rings. The largest absolute Gasteiger partial charge is 0.396 e. The lowest BCUT2D eigenvalue weighted by atomic mass is 9.87. The Bertz CT molecular complexity index is 350. The number of hydrogen-bond acceptors (Lipinski definition) is 5. The second-order valence-electron chi connectivity index (χ2n) is 4.55. The molecule has 5 nitrogen and oxygen atoms in total. The molecule has 0 spiro atoms. The number of nitrogens with one attached hydrogen (secondary N) is 1. The molecule has 0 aromatic carbocycles. The van der Waals surface area contributed by atoms with Gasteiger partial charge in [0.15, 0.2) is 0 Å². The van der Waals surface area contributed by atoms with Crippen molar-refractivity contribution in [3.8, 4) is 0 Å². The first-order valence-corrected chi connectivity index (χ1v) is 5.66. The van der Waals surface area contributed by atoms with Gasteiger partial charge in [0, 0.05) is 18.0 Å². The number of rotatable bonds is 4. The summed E-state index contributed by atoms with van der Waals surface area (Å²) in [7, 11) is 0. The van der Waals surface area contributed by atoms with Crippen molar-refractivity contribution in [2.24, 2.45) is 5.41 Å². The van der Waals surface area contributed by atoms with Crippen LogP contribution in [0.2, 0.25) is 0 Å². The standard InChI is InChI=1S/C11H18N4O/c12-9-5-10(15-8-14-9)13-6-11(7-16)3-1-2-4-11/h5,8,16H,1-4,6-7H2,(H3,12,13,14,15). The lowest BCUT2D eigenvalue weighted by molar-refractivity contribution is 0.142. The summed E-state index contributed by atoms with van der Waals surface area (Å²) in [5.74, 6) is 1.19. The summed E-state index contributed by atoms with van der Waals surface area (Å²) in [6.07, 6.45) is 6.01. The van der Waals surface area contributed by atoms with Gasteiger partial charge in [-0.15, -0.1) is 0 Å². The van der Waals surface area contributed by atoms with Crippen molar-refractivity contribution in [3.63, 3.8) is 0 Å². The Morgan fingerprint density at radius 1 is 1.38 bits per heavy atom. The summed E-state index contributed by atoms with van der Waals surface area (Å²) >= 11 is 0. The summed E-state index contributed by atoms with van der Waals surface area (Å²) in [6, 6.07) is 1.71. The molecule has 16 heavy (non-hydrogen) atoms. The third-order valence-corrected chi connectivity index (χ3v) is 3.33. The quantitative estimate of drug-likeness (QED) is 0.708. The highest BCUT2D eigenvalue weighted by Crippen LogP contribution is 2.37. The van der Waals surface area contributed by atoms with Gasteiger partial charge in [-0.3, -0.25) is 0 Å². The van der Waals surface area contributed by atoms with Gasteiger partial charge in [-0.25, -0.2) is 9.97 Å². The highest BCUT2D eigenvalue weighted by molar-refractivity contribution is 5.43. The number of anilines is 2. The molecule has 5 heteroatoms. The Morgan fingerprint density at radius 3 is 2.75 bits per heavy atom. The molecule has 0 atom stereocenters. The van der Waals surface area contributed by atoms with E-state index in [0.717, 1.165) is 25.2 Å². The maximum absolute atomic E-state index is 9.45. The Hall–Kier alpha value is -1.36. The molecule has 0 amide bonds. The van der Waals surface area contributed by atoms with E-state index in [4.69, 9.17) is 5.73 Å². The van der Waals surface area contributed by atoms with Crippen LogP contribution in [0.25, 0.3) is 0 Å². The SMILES string of the molecule is Nc1cc(NCC2(CO)CCCC2)ncn1. The highest BCUT2D eigenvalue weighted by atomic mass is 16.3. The number of hydrogen-bond donors (Lipinski definition) is 3. The fraction of sp³-hybridized carbons (Fsp3) is 0.636. The zero-order valence-corrected chi connectivity index (χ0v) is 9.32. The van der Waals surface area contributed by atoms with E-state index in [1.54, 1.807) is 6.07 Å². The zero-order chi connectivity index (χ0) is 11.4. The maximum Gasteiger partial charge on any atom is 0.131 e. The smallest absolute Gasteiger partial charge is 0.131 e. The first kappa shape index (κ1) is 11.1. The van der Waals surface area contributed by atoms with Gasteiger partial charge < -0.3 is 16.2 Å². The van der Waals surface area contributed by atoms with Crippen molar-refractivity contribution >= 4 is 11.6 Å². The van der Waals surface area contributed by atoms with E-state index >= 15 is 0 Å². The van der Waals surface area contributed by atoms with Crippen LogP contribution in [0.4, 0.5) is 11.6 Å². The predicted octanol–water partition coefficient (Wildman–Crippen LogP) is 1.02. The molecular formula is C11H18N4O. The van der Waals surface area contributed by atoms with Crippen molar-refractivity contribution < 1.29 is 5.11 Å². The summed E-state index contributed by atoms with van der Waals surface area (Å²) in [5, 5.41) is 12.7. The molecule has 4 N–H and O–H groups in total. The van der Waals surface area contributed by atoms with Crippen LogP contribution < -0.4 is 11.1 Å². The van der Waals surface area contributed by atoms with E-state index in [2.05, 4.69) is 15.3 Å². The Balaban J connectivity index is 1.95. The molecule has 2 rings (SSSR count). The second kappa shape index (κ2) is 4.65. The van der Waals surface area contributed by atoms with Gasteiger partial charge in [0.25, 0.3) is 0 Å². The first-order chi connectivity index (χ1) is 7.74. The molecule has 1 aliphatic carbocycles. The second-order valence-corrected chi connectivity index (χ2v) is 4.55. The number of nitrogens with two attached hydrogens (primary N) is 1. The lowest BCUT2D eigenvalue weighted by Gasteiger charge is -2.26. The Kier molecular flexibility index (Phi) is 3.24. The molecule has 1 aromatic heterocycles. The van der Waals surface area contributed by atoms with Gasteiger partial charge in [0.2, 0.25) is 0 Å². The van der Waals surface area contributed by atoms with Crippen LogP contribution in [0.5, 0.6) is 0 Å². The van der Waals surface area contributed by atoms with Crippen LogP contribution in [0, 0.1) is 5.41 Å². The normalized spacial score (nSPS) is 18.6. The van der Waals surface area contributed by atoms with Gasteiger partial charge in [-0.2, -0.15) is 0 Å². The summed E-state index contributed by atoms with van der Waals surface area (Å²) in [4.78, 5) is 7.92. The van der Waals surface area contributed by atoms with E-state index in [1.807, 2.05) is 0 Å². The van der Waals surface area contributed by atoms with Crippen molar-refractivity contribution in [1.29, 1.82) is 0 Å². The average Bonchev–Trinajstić information content (AvgIpc) is 2.76. The van der Waals surface area contributed by atoms with Gasteiger partial charge >= 0.3 is 0 Å². The third-order valence-electron chi connectivity index (χ3n) is 3.33. The van der Waals surface area contributed by atoms with Crippen LogP contribution >= 0.6 is 0 Å². The van der Waals surface area contributed by atoms with Gasteiger partial charge in [0.1, 0.15) is 18.0 Å². The van der Waals surface area contributed by atoms with E-state index in [0.29, 0.717) is 5.82 Å². The fourth-order valence-corrected chi connectivity index (χ4v) is 2.26. The molecule has 1 aliphatic rings. The summed E-state index contributed by atoms with van der Waals surface area (Å²) in [5.41, 5.74) is 5.59. The van der Waals surface area contributed by atoms with Crippen molar-refractivity contribution in [2.75, 3.05) is 24.2 Å². The minimum Gasteiger partial charge on any atom is -0.396 e. The van der Waals surface area contributed by atoms with E-state index < -0.39 is 0 Å². The molecule has 88 valence electrons. The van der Waals surface area contributed by atoms with Crippen LogP contribution in [-0.2, 0) is 0 Å². The monoisotopic (exact) mass is 222 g/mol. The maximum atomic E-state index is 9.45. The number of nitrogen functional groups attached to an aromatic ring is 1. The molecular weight excluding hydrogens is 204 g/mol. The van der Waals surface area contributed by atoms with E-state index in [1.165, 1.54) is 19.2 Å². The predicted molar refractivity (Wildman–Crippen MR) is 62.9 cm³/mol. The Labute approximate surface area is 95.1 Å². The number of aliphatic hydroxyl groups excluding tert-OH is 1. The summed E-state index contributed by atoms with van der Waals surface area (Å²) < 4.78 is 0. The first-order valence-electron chi connectivity index (χ1n) is 5.66. The van der Waals surface area contributed by atoms with Crippen LogP contribution in [0.1, 0.15) is 25.7 Å². The number of nitrogens with zero attached hydrogens (tertiary/aromatic N) is 2. The highest BCUT2D eigenvalue weighted by Gasteiger charge is 2.32. The van der Waals surface area contributed by atoms with Crippen LogP contribution in [0.15, 0.2) is 12.4 Å². The molecule has 0 radical (unpaired) electrons. The minimum absolute atomic E-state index is 0.0275. The van der Waals surface area contributed by atoms with Crippen molar-refractivity contribution in [2.45, 2.75) is 25.7 Å². The van der Waals surface area contributed by atoms with Crippen molar-refractivity contribution in [1.82, 2.24) is 9.97 Å². The molecule has 0 unspecified atom stereocenters.